The summed E-state index contributed by atoms with van der Waals surface area (Å²) in [6, 6.07) is 0. The monoisotopic (exact) mass is 331 g/mol. The molecule has 0 aliphatic carbocycles. The van der Waals surface area contributed by atoms with Crippen molar-refractivity contribution in [2.45, 2.75) is 6.43 Å². The van der Waals surface area contributed by atoms with E-state index in [0.29, 0.717) is 0 Å². The van der Waals surface area contributed by atoms with Gasteiger partial charge in [-0.1, -0.05) is 0 Å². The zero-order valence-electron chi connectivity index (χ0n) is 7.43. The average Bonchev–Trinajstić information content (AvgIpc) is 2.20. The minimum atomic E-state index is -3.02. The van der Waals surface area contributed by atoms with E-state index in [4.69, 9.17) is 0 Å². The van der Waals surface area contributed by atoms with Gasteiger partial charge in [-0.25, -0.2) is 18.0 Å². The first-order valence-electron chi connectivity index (χ1n) is 3.69. The number of alkyl halides is 2. The van der Waals surface area contributed by atoms with Crippen molar-refractivity contribution in [3.63, 3.8) is 0 Å². The highest BCUT2D eigenvalue weighted by Crippen LogP contribution is 2.25. The van der Waals surface area contributed by atoms with Gasteiger partial charge in [0.1, 0.15) is 11.3 Å². The predicted octanol–water partition coefficient (Wildman–Crippen LogP) is 2.55. The smallest absolute Gasteiger partial charge is 0.342 e. The zero-order chi connectivity index (χ0) is 11.6. The lowest BCUT2D eigenvalue weighted by Crippen LogP contribution is -2.12. The summed E-state index contributed by atoms with van der Waals surface area (Å²) in [5.74, 6) is -2.19. The summed E-state index contributed by atoms with van der Waals surface area (Å²) in [6.45, 7) is 0. The molecule has 0 radical (unpaired) electrons. The zero-order valence-corrected chi connectivity index (χ0v) is 9.59. The topological polar surface area (TPSA) is 39.2 Å². The number of carbonyl (C=O) groups is 1. The van der Waals surface area contributed by atoms with Gasteiger partial charge >= 0.3 is 5.97 Å². The van der Waals surface area contributed by atoms with E-state index in [1.165, 1.54) is 0 Å². The van der Waals surface area contributed by atoms with Crippen molar-refractivity contribution in [1.82, 2.24) is 4.98 Å². The number of nitrogens with zero attached hydrogens (tertiary/aromatic N) is 1. The minimum absolute atomic E-state index is 0.0163. The van der Waals surface area contributed by atoms with Gasteiger partial charge in [-0.2, -0.15) is 0 Å². The van der Waals surface area contributed by atoms with Gasteiger partial charge in [0.15, 0.2) is 5.82 Å². The van der Waals surface area contributed by atoms with Crippen molar-refractivity contribution in [1.29, 1.82) is 0 Å². The second-order valence-corrected chi connectivity index (χ2v) is 3.63. The maximum Gasteiger partial charge on any atom is 0.342 e. The van der Waals surface area contributed by atoms with Crippen LogP contribution in [0, 0.1) is 9.39 Å². The average molecular weight is 331 g/mol. The van der Waals surface area contributed by atoms with Crippen LogP contribution in [0.15, 0.2) is 6.20 Å². The molecule has 0 saturated carbocycles. The molecule has 0 atom stereocenters. The SMILES string of the molecule is COC(=O)c1c(C(F)F)ncc(I)c1F. The van der Waals surface area contributed by atoms with Gasteiger partial charge in [-0.3, -0.25) is 4.98 Å². The van der Waals surface area contributed by atoms with E-state index < -0.39 is 29.5 Å². The third-order valence-electron chi connectivity index (χ3n) is 1.60. The van der Waals surface area contributed by atoms with Crippen LogP contribution in [0.4, 0.5) is 13.2 Å². The van der Waals surface area contributed by atoms with Crippen LogP contribution >= 0.6 is 22.6 Å². The number of rotatable bonds is 2. The molecule has 0 N–H and O–H groups in total. The molecule has 82 valence electrons. The van der Waals surface area contributed by atoms with Gasteiger partial charge in [0, 0.05) is 6.20 Å². The van der Waals surface area contributed by atoms with Gasteiger partial charge in [-0.15, -0.1) is 0 Å². The molecule has 0 spiro atoms. The Bertz CT molecular complexity index is 398. The predicted molar refractivity (Wildman–Crippen MR) is 53.2 cm³/mol. The second kappa shape index (κ2) is 4.77. The standard InChI is InChI=1S/C8H5F3INO2/c1-15-8(14)4-5(9)3(12)2-13-6(4)7(10)11/h2,7H,1H3. The van der Waals surface area contributed by atoms with Gasteiger partial charge < -0.3 is 4.74 Å². The lowest BCUT2D eigenvalue weighted by molar-refractivity contribution is 0.0580. The molecule has 1 aromatic rings. The molecule has 0 fully saturated rings. The van der Waals surface area contributed by atoms with Gasteiger partial charge in [0.05, 0.1) is 10.7 Å². The Morgan fingerprint density at radius 1 is 1.60 bits per heavy atom. The number of pyridine rings is 1. The number of methoxy groups -OCH3 is 1. The van der Waals surface area contributed by atoms with Crippen LogP contribution in [0.5, 0.6) is 0 Å². The maximum absolute atomic E-state index is 13.4. The van der Waals surface area contributed by atoms with E-state index in [1.54, 1.807) is 22.6 Å². The molecule has 15 heavy (non-hydrogen) atoms. The first-order chi connectivity index (χ1) is 6.99. The highest BCUT2D eigenvalue weighted by Gasteiger charge is 2.26. The third kappa shape index (κ3) is 2.39. The first-order valence-corrected chi connectivity index (χ1v) is 4.77. The van der Waals surface area contributed by atoms with Gasteiger partial charge in [0.2, 0.25) is 0 Å². The summed E-state index contributed by atoms with van der Waals surface area (Å²) in [5, 5.41) is 0. The molecule has 0 aromatic carbocycles. The molecule has 0 bridgehead atoms. The van der Waals surface area contributed by atoms with Crippen LogP contribution in [0.1, 0.15) is 22.5 Å². The Morgan fingerprint density at radius 2 is 2.20 bits per heavy atom. The Labute approximate surface area is 96.8 Å². The summed E-state index contributed by atoms with van der Waals surface area (Å²) >= 11 is 1.55. The lowest BCUT2D eigenvalue weighted by atomic mass is 10.2. The minimum Gasteiger partial charge on any atom is -0.465 e. The summed E-state index contributed by atoms with van der Waals surface area (Å²) in [5.41, 5.74) is -1.71. The first kappa shape index (κ1) is 12.2. The van der Waals surface area contributed by atoms with Crippen molar-refractivity contribution in [3.8, 4) is 0 Å². The van der Waals surface area contributed by atoms with E-state index in [2.05, 4.69) is 9.72 Å². The molecule has 1 heterocycles. The fraction of sp³-hybridized carbons (Fsp3) is 0.250. The van der Waals surface area contributed by atoms with Crippen molar-refractivity contribution in [3.05, 3.63) is 26.8 Å². The summed E-state index contributed by atoms with van der Waals surface area (Å²) in [7, 11) is 0.983. The van der Waals surface area contributed by atoms with Crippen molar-refractivity contribution < 1.29 is 22.7 Å². The van der Waals surface area contributed by atoms with E-state index in [-0.39, 0.29) is 3.57 Å². The highest BCUT2D eigenvalue weighted by molar-refractivity contribution is 14.1. The Hall–Kier alpha value is -0.860. The highest BCUT2D eigenvalue weighted by atomic mass is 127. The van der Waals surface area contributed by atoms with Crippen molar-refractivity contribution in [2.75, 3.05) is 7.11 Å². The van der Waals surface area contributed by atoms with E-state index in [9.17, 15) is 18.0 Å². The lowest BCUT2D eigenvalue weighted by Gasteiger charge is -2.07. The normalized spacial score (nSPS) is 10.5. The molecule has 3 nitrogen and oxygen atoms in total. The molecule has 0 aliphatic rings. The molecule has 7 heteroatoms. The Kier molecular flexibility index (Phi) is 3.89. The molecule has 0 saturated heterocycles. The van der Waals surface area contributed by atoms with Gasteiger partial charge in [-0.05, 0) is 22.6 Å². The van der Waals surface area contributed by atoms with Crippen LogP contribution in [0.3, 0.4) is 0 Å². The maximum atomic E-state index is 13.4. The third-order valence-corrected chi connectivity index (χ3v) is 2.35. The Morgan fingerprint density at radius 3 is 2.67 bits per heavy atom. The molecule has 0 amide bonds. The van der Waals surface area contributed by atoms with Crippen molar-refractivity contribution in [2.24, 2.45) is 0 Å². The van der Waals surface area contributed by atoms with Crippen LogP contribution in [-0.2, 0) is 4.74 Å². The molecule has 1 aromatic heterocycles. The number of carbonyl (C=O) groups excluding carboxylic acids is 1. The van der Waals surface area contributed by atoms with Crippen LogP contribution in [0.25, 0.3) is 0 Å². The largest absolute Gasteiger partial charge is 0.465 e. The number of ether oxygens (including phenoxy) is 1. The van der Waals surface area contributed by atoms with Gasteiger partial charge in [0.25, 0.3) is 6.43 Å². The van der Waals surface area contributed by atoms with Crippen LogP contribution in [-0.4, -0.2) is 18.1 Å². The fourth-order valence-electron chi connectivity index (χ4n) is 0.941. The number of halogens is 4. The quantitative estimate of drug-likeness (QED) is 0.618. The number of hydrogen-bond donors (Lipinski definition) is 0. The number of hydrogen-bond acceptors (Lipinski definition) is 3. The molecular formula is C8H5F3INO2. The van der Waals surface area contributed by atoms with Crippen LogP contribution in [0.2, 0.25) is 0 Å². The summed E-state index contributed by atoms with van der Waals surface area (Å²) < 4.78 is 42.4. The van der Waals surface area contributed by atoms with E-state index >= 15 is 0 Å². The molecule has 0 unspecified atom stereocenters. The number of aromatic nitrogens is 1. The summed E-state index contributed by atoms with van der Waals surface area (Å²) in [4.78, 5) is 14.4. The summed E-state index contributed by atoms with van der Waals surface area (Å²) in [6.07, 6.45) is -2.09. The van der Waals surface area contributed by atoms with Crippen LogP contribution < -0.4 is 0 Å². The molecule has 0 aliphatic heterocycles. The second-order valence-electron chi connectivity index (χ2n) is 2.47. The Balaban J connectivity index is 3.41. The molecular weight excluding hydrogens is 326 g/mol. The van der Waals surface area contributed by atoms with E-state index in [0.717, 1.165) is 13.3 Å². The molecule has 1 rings (SSSR count). The number of esters is 1. The fourth-order valence-corrected chi connectivity index (χ4v) is 1.35. The van der Waals surface area contributed by atoms with Crippen molar-refractivity contribution >= 4 is 28.6 Å². The van der Waals surface area contributed by atoms with E-state index in [1.807, 2.05) is 0 Å².